The van der Waals surface area contributed by atoms with Crippen LogP contribution in [0.2, 0.25) is 0 Å². The first-order chi connectivity index (χ1) is 11.0. The predicted molar refractivity (Wildman–Crippen MR) is 85.7 cm³/mol. The largest absolute Gasteiger partial charge is 0.481 e. The monoisotopic (exact) mass is 428 g/mol. The minimum atomic E-state index is -5.24. The quantitative estimate of drug-likeness (QED) is 0.233. The standard InChI is InChI=1S/C9H15N3O10P2.Na.H2O/c10-7-1-2-12(9(14)11-7)8-3-5(13)6(21-8)4-20-24(18,19)22-23(15,16)17;;/h1-2,5-6,8,13H,3-4H2,(H,18,19)(H2,10,11,14)(H2,15,16,17);;1H2. The van der Waals surface area contributed by atoms with E-state index in [1.807, 2.05) is 0 Å². The van der Waals surface area contributed by atoms with Crippen molar-refractivity contribution in [2.24, 2.45) is 0 Å². The van der Waals surface area contributed by atoms with Crippen molar-refractivity contribution in [3.63, 3.8) is 0 Å². The van der Waals surface area contributed by atoms with E-state index in [1.165, 1.54) is 12.3 Å². The summed E-state index contributed by atoms with van der Waals surface area (Å²) in [6, 6.07) is 1.34. The number of anilines is 1. The van der Waals surface area contributed by atoms with Crippen molar-refractivity contribution in [3.05, 3.63) is 22.7 Å². The number of aromatic nitrogens is 2. The number of rotatable bonds is 6. The molecule has 0 aromatic carbocycles. The van der Waals surface area contributed by atoms with Gasteiger partial charge >= 0.3 is 21.3 Å². The van der Waals surface area contributed by atoms with E-state index in [9.17, 15) is 19.0 Å². The molecule has 145 valence electrons. The van der Waals surface area contributed by atoms with Crippen LogP contribution >= 0.6 is 15.6 Å². The Labute approximate surface area is 168 Å². The fourth-order valence-electron chi connectivity index (χ4n) is 2.01. The van der Waals surface area contributed by atoms with Crippen LogP contribution in [0.5, 0.6) is 0 Å². The van der Waals surface area contributed by atoms with Crippen LogP contribution < -0.4 is 11.4 Å². The van der Waals surface area contributed by atoms with Gasteiger partial charge < -0.3 is 35.7 Å². The minimum absolute atomic E-state index is 0. The third-order valence-electron chi connectivity index (χ3n) is 2.98. The molecule has 2 rings (SSSR count). The molecule has 1 aliphatic heterocycles. The van der Waals surface area contributed by atoms with Crippen LogP contribution in [0, 0.1) is 0 Å². The molecule has 0 amide bonds. The summed E-state index contributed by atoms with van der Waals surface area (Å²) in [6.45, 7) is -0.706. The van der Waals surface area contributed by atoms with E-state index >= 15 is 0 Å². The van der Waals surface area contributed by atoms with Crippen LogP contribution in [-0.2, 0) is 22.7 Å². The van der Waals surface area contributed by atoms with E-state index in [4.69, 9.17) is 25.2 Å². The summed E-state index contributed by atoms with van der Waals surface area (Å²) in [7, 11) is -10.3. The Morgan fingerprint density at radius 3 is 2.54 bits per heavy atom. The van der Waals surface area contributed by atoms with Crippen molar-refractivity contribution in [3.8, 4) is 0 Å². The summed E-state index contributed by atoms with van der Waals surface area (Å²) in [5.74, 6) is 0.00508. The van der Waals surface area contributed by atoms with Crippen LogP contribution in [0.3, 0.4) is 0 Å². The van der Waals surface area contributed by atoms with E-state index in [2.05, 4.69) is 13.8 Å². The topological polar surface area (TPSA) is 235 Å². The Hall–Kier alpha value is -0.180. The molecule has 14 nitrogen and oxygen atoms in total. The molecule has 1 aromatic heterocycles. The number of ether oxygens (including phenoxy) is 1. The van der Waals surface area contributed by atoms with Gasteiger partial charge in [0, 0.05) is 42.2 Å². The molecule has 0 aliphatic carbocycles. The van der Waals surface area contributed by atoms with E-state index < -0.39 is 46.4 Å². The second kappa shape index (κ2) is 9.85. The summed E-state index contributed by atoms with van der Waals surface area (Å²) in [4.78, 5) is 41.3. The molecule has 0 bridgehead atoms. The van der Waals surface area contributed by atoms with Gasteiger partial charge in [0.15, 0.2) is 0 Å². The number of aliphatic hydroxyl groups excluding tert-OH is 1. The van der Waals surface area contributed by atoms with Crippen molar-refractivity contribution in [2.45, 2.75) is 24.9 Å². The number of phosphoric acid groups is 2. The van der Waals surface area contributed by atoms with Crippen LogP contribution in [0.4, 0.5) is 5.82 Å². The third-order valence-corrected chi connectivity index (χ3v) is 5.13. The number of phosphoric ester groups is 1. The molecule has 8 N–H and O–H groups in total. The summed E-state index contributed by atoms with van der Waals surface area (Å²) in [5.41, 5.74) is 4.64. The number of aliphatic hydroxyl groups is 1. The van der Waals surface area contributed by atoms with Gasteiger partial charge in [-0.2, -0.15) is 9.29 Å². The first-order valence-corrected chi connectivity index (χ1v) is 9.42. The Balaban J connectivity index is 0.00000312. The van der Waals surface area contributed by atoms with Crippen molar-refractivity contribution >= 4 is 51.0 Å². The second-order valence-electron chi connectivity index (χ2n) is 4.81. The number of hydrogen-bond donors (Lipinski definition) is 5. The maximum Gasteiger partial charge on any atom is 0.481 e. The van der Waals surface area contributed by atoms with Gasteiger partial charge in [0.05, 0.1) is 12.7 Å². The average Bonchev–Trinajstić information content (AvgIpc) is 2.75. The van der Waals surface area contributed by atoms with E-state index in [0.717, 1.165) is 4.57 Å². The maximum atomic E-state index is 11.7. The van der Waals surface area contributed by atoms with Gasteiger partial charge in [-0.15, -0.1) is 0 Å². The molecular formula is C9H17N3NaO11P2. The van der Waals surface area contributed by atoms with Gasteiger partial charge in [0.2, 0.25) is 0 Å². The first-order valence-electron chi connectivity index (χ1n) is 6.39. The van der Waals surface area contributed by atoms with Gasteiger partial charge in [0.25, 0.3) is 0 Å². The Morgan fingerprint density at radius 2 is 2.00 bits per heavy atom. The normalized spacial score (nSPS) is 25.0. The third kappa shape index (κ3) is 7.44. The maximum absolute atomic E-state index is 11.7. The Kier molecular flexibility index (Phi) is 9.78. The van der Waals surface area contributed by atoms with Gasteiger partial charge in [-0.1, -0.05) is 0 Å². The SMILES string of the molecule is Nc1ccn(C2CC(O)C(COP(=O)(O)OP(=O)(O)O)O2)c(=O)n1.O.[Na]. The smallest absolute Gasteiger partial charge is 0.412 e. The molecule has 1 radical (unpaired) electrons. The molecule has 1 aliphatic rings. The summed E-state index contributed by atoms with van der Waals surface area (Å²) in [5, 5.41) is 9.86. The van der Waals surface area contributed by atoms with Gasteiger partial charge in [-0.05, 0) is 6.07 Å². The van der Waals surface area contributed by atoms with Crippen LogP contribution in [0.25, 0.3) is 0 Å². The molecule has 1 saturated heterocycles. The van der Waals surface area contributed by atoms with Crippen LogP contribution in [0.15, 0.2) is 17.1 Å². The molecule has 2 heterocycles. The molecule has 26 heavy (non-hydrogen) atoms. The molecule has 17 heteroatoms. The van der Waals surface area contributed by atoms with Crippen molar-refractivity contribution in [2.75, 3.05) is 12.3 Å². The zero-order valence-corrected chi connectivity index (χ0v) is 17.2. The number of nitrogens with two attached hydrogens (primary N) is 1. The fourth-order valence-corrected chi connectivity index (χ4v) is 3.61. The predicted octanol–water partition coefficient (Wildman–Crippen LogP) is -2.51. The summed E-state index contributed by atoms with van der Waals surface area (Å²) >= 11 is 0. The average molecular weight is 428 g/mol. The molecule has 0 spiro atoms. The molecule has 0 saturated carbocycles. The molecule has 1 fully saturated rings. The molecule has 1 aromatic rings. The minimum Gasteiger partial charge on any atom is -0.412 e. The van der Waals surface area contributed by atoms with E-state index in [0.29, 0.717) is 0 Å². The Morgan fingerprint density at radius 1 is 1.38 bits per heavy atom. The second-order valence-corrected chi connectivity index (χ2v) is 7.64. The zero-order chi connectivity index (χ0) is 18.1. The van der Waals surface area contributed by atoms with Gasteiger partial charge in [0.1, 0.15) is 18.1 Å². The van der Waals surface area contributed by atoms with Crippen molar-refractivity contribution in [1.82, 2.24) is 9.55 Å². The number of nitrogen functional groups attached to an aromatic ring is 1. The summed E-state index contributed by atoms with van der Waals surface area (Å²) in [6.07, 6.45) is -1.97. The van der Waals surface area contributed by atoms with Crippen molar-refractivity contribution in [1.29, 1.82) is 0 Å². The van der Waals surface area contributed by atoms with Gasteiger partial charge in [-0.3, -0.25) is 9.09 Å². The molecule has 4 unspecified atom stereocenters. The number of nitrogens with zero attached hydrogens (tertiary/aromatic N) is 2. The Bertz CT molecular complexity index is 755. The summed E-state index contributed by atoms with van der Waals surface area (Å²) < 4.78 is 36.2. The fraction of sp³-hybridized carbons (Fsp3) is 0.556. The van der Waals surface area contributed by atoms with E-state index in [-0.39, 0.29) is 47.3 Å². The van der Waals surface area contributed by atoms with E-state index in [1.54, 1.807) is 0 Å². The van der Waals surface area contributed by atoms with Crippen LogP contribution in [-0.4, -0.2) is 83.2 Å². The molecular weight excluding hydrogens is 411 g/mol. The molecule has 4 atom stereocenters. The first kappa shape index (κ1) is 25.8. The van der Waals surface area contributed by atoms with Gasteiger partial charge in [-0.25, -0.2) is 13.9 Å². The zero-order valence-electron chi connectivity index (χ0n) is 13.4. The number of hydrogen-bond acceptors (Lipinski definition) is 9. The van der Waals surface area contributed by atoms with Crippen LogP contribution in [0.1, 0.15) is 12.6 Å². The van der Waals surface area contributed by atoms with Crippen molar-refractivity contribution < 1.29 is 48.0 Å².